The summed E-state index contributed by atoms with van der Waals surface area (Å²) in [4.78, 5) is 2.19. The smallest absolute Gasteiger partial charge is 0.180 e. The van der Waals surface area contributed by atoms with Gasteiger partial charge in [-0.3, -0.25) is 0 Å². The van der Waals surface area contributed by atoms with Gasteiger partial charge >= 0.3 is 0 Å². The minimum atomic E-state index is 0.874. The number of fused-ring (bicyclic) bond motifs is 1. The van der Waals surface area contributed by atoms with Gasteiger partial charge in [-0.15, -0.1) is 0 Å². The van der Waals surface area contributed by atoms with Crippen molar-refractivity contribution in [3.05, 3.63) is 24.3 Å². The van der Waals surface area contributed by atoms with E-state index in [1.165, 1.54) is 0 Å². The summed E-state index contributed by atoms with van der Waals surface area (Å²) in [6.45, 7) is 2.22. The van der Waals surface area contributed by atoms with Crippen LogP contribution in [-0.4, -0.2) is 18.2 Å². The standard InChI is InChI=1S/C9H8N2O/c1-2-4-8-7(3-1)9(10-12-8)11-5-6-11/h1-4H,5-6H2. The van der Waals surface area contributed by atoms with E-state index in [0.29, 0.717) is 0 Å². The number of rotatable bonds is 1. The van der Waals surface area contributed by atoms with Gasteiger partial charge in [0.15, 0.2) is 11.4 Å². The SMILES string of the molecule is c1ccc2c(N3CC3)noc2c1. The molecule has 1 fully saturated rings. The normalized spacial score (nSPS) is 15.5. The second-order valence-electron chi connectivity index (χ2n) is 2.99. The third-order valence-corrected chi connectivity index (χ3v) is 2.11. The number of hydrogen-bond donors (Lipinski definition) is 0. The third kappa shape index (κ3) is 0.733. The lowest BCUT2D eigenvalue weighted by Gasteiger charge is -1.92. The summed E-state index contributed by atoms with van der Waals surface area (Å²) in [5.74, 6) is 0.991. The Morgan fingerprint density at radius 3 is 2.92 bits per heavy atom. The maximum Gasteiger partial charge on any atom is 0.180 e. The zero-order valence-corrected chi connectivity index (χ0v) is 6.53. The lowest BCUT2D eigenvalue weighted by atomic mass is 10.2. The average Bonchev–Trinajstić information content (AvgIpc) is 2.86. The lowest BCUT2D eigenvalue weighted by Crippen LogP contribution is -1.89. The van der Waals surface area contributed by atoms with Gasteiger partial charge in [0, 0.05) is 13.1 Å². The Bertz CT molecular complexity index is 417. The van der Waals surface area contributed by atoms with Gasteiger partial charge in [0.25, 0.3) is 0 Å². The van der Waals surface area contributed by atoms with Crippen molar-refractivity contribution in [1.82, 2.24) is 5.16 Å². The summed E-state index contributed by atoms with van der Waals surface area (Å²) >= 11 is 0. The van der Waals surface area contributed by atoms with Gasteiger partial charge < -0.3 is 9.42 Å². The molecule has 0 N–H and O–H groups in total. The van der Waals surface area contributed by atoms with Gasteiger partial charge in [0.05, 0.1) is 5.39 Å². The fourth-order valence-electron chi connectivity index (χ4n) is 1.36. The summed E-state index contributed by atoms with van der Waals surface area (Å²) in [5, 5.41) is 5.13. The maximum atomic E-state index is 5.16. The first-order valence-electron chi connectivity index (χ1n) is 4.04. The van der Waals surface area contributed by atoms with Crippen molar-refractivity contribution in [3.8, 4) is 0 Å². The summed E-state index contributed by atoms with van der Waals surface area (Å²) in [5.41, 5.74) is 0.874. The molecule has 0 saturated carbocycles. The van der Waals surface area contributed by atoms with E-state index in [1.807, 2.05) is 24.3 Å². The van der Waals surface area contributed by atoms with Crippen molar-refractivity contribution < 1.29 is 4.52 Å². The van der Waals surface area contributed by atoms with E-state index in [1.54, 1.807) is 0 Å². The zero-order chi connectivity index (χ0) is 7.97. The fraction of sp³-hybridized carbons (Fsp3) is 0.222. The molecule has 1 aliphatic rings. The predicted octanol–water partition coefficient (Wildman–Crippen LogP) is 1.65. The molecule has 3 rings (SSSR count). The Hall–Kier alpha value is -1.51. The molecular weight excluding hydrogens is 152 g/mol. The van der Waals surface area contributed by atoms with Crippen LogP contribution < -0.4 is 4.90 Å². The zero-order valence-electron chi connectivity index (χ0n) is 6.53. The minimum absolute atomic E-state index is 0.874. The van der Waals surface area contributed by atoms with Crippen LogP contribution in [0.3, 0.4) is 0 Å². The molecule has 1 saturated heterocycles. The van der Waals surface area contributed by atoms with Crippen LogP contribution in [0.4, 0.5) is 5.82 Å². The molecule has 3 nitrogen and oxygen atoms in total. The van der Waals surface area contributed by atoms with E-state index < -0.39 is 0 Å². The Balaban J connectivity index is 2.30. The Morgan fingerprint density at radius 2 is 2.08 bits per heavy atom. The van der Waals surface area contributed by atoms with Crippen molar-refractivity contribution in [2.45, 2.75) is 0 Å². The monoisotopic (exact) mass is 160 g/mol. The van der Waals surface area contributed by atoms with Crippen molar-refractivity contribution in [3.63, 3.8) is 0 Å². The molecule has 0 amide bonds. The molecule has 1 aliphatic heterocycles. The summed E-state index contributed by atoms with van der Waals surface area (Å²) < 4.78 is 5.16. The maximum absolute atomic E-state index is 5.16. The van der Waals surface area contributed by atoms with Crippen LogP contribution in [0.5, 0.6) is 0 Å². The Labute approximate surface area is 69.6 Å². The number of anilines is 1. The van der Waals surface area contributed by atoms with E-state index in [2.05, 4.69) is 10.1 Å². The molecule has 1 aromatic carbocycles. The highest BCUT2D eigenvalue weighted by molar-refractivity contribution is 5.89. The van der Waals surface area contributed by atoms with Gasteiger partial charge in [-0.1, -0.05) is 17.3 Å². The highest BCUT2D eigenvalue weighted by atomic mass is 16.5. The minimum Gasteiger partial charge on any atom is -0.354 e. The molecule has 1 aromatic heterocycles. The van der Waals surface area contributed by atoms with Crippen LogP contribution in [0.1, 0.15) is 0 Å². The molecule has 3 heteroatoms. The summed E-state index contributed by atoms with van der Waals surface area (Å²) in [6.07, 6.45) is 0. The van der Waals surface area contributed by atoms with Crippen LogP contribution in [0, 0.1) is 0 Å². The number of para-hydroxylation sites is 1. The molecule has 2 aromatic rings. The molecule has 0 unspecified atom stereocenters. The molecule has 0 bridgehead atoms. The van der Waals surface area contributed by atoms with Crippen LogP contribution >= 0.6 is 0 Å². The lowest BCUT2D eigenvalue weighted by molar-refractivity contribution is 0.458. The van der Waals surface area contributed by atoms with Gasteiger partial charge in [0.1, 0.15) is 0 Å². The number of hydrogen-bond acceptors (Lipinski definition) is 3. The Morgan fingerprint density at radius 1 is 1.25 bits per heavy atom. The molecule has 2 heterocycles. The first kappa shape index (κ1) is 6.06. The van der Waals surface area contributed by atoms with Gasteiger partial charge in [-0.05, 0) is 12.1 Å². The van der Waals surface area contributed by atoms with E-state index in [0.717, 1.165) is 29.9 Å². The fourth-order valence-corrected chi connectivity index (χ4v) is 1.36. The molecule has 0 aliphatic carbocycles. The highest BCUT2D eigenvalue weighted by Crippen LogP contribution is 2.28. The Kier molecular flexibility index (Phi) is 1.01. The van der Waals surface area contributed by atoms with Crippen molar-refractivity contribution in [2.24, 2.45) is 0 Å². The van der Waals surface area contributed by atoms with Crippen LogP contribution in [-0.2, 0) is 0 Å². The molecule has 0 radical (unpaired) electrons. The number of aromatic nitrogens is 1. The molecular formula is C9H8N2O. The van der Waals surface area contributed by atoms with Crippen LogP contribution in [0.25, 0.3) is 11.0 Å². The van der Waals surface area contributed by atoms with Gasteiger partial charge in [-0.25, -0.2) is 0 Å². The van der Waals surface area contributed by atoms with E-state index in [4.69, 9.17) is 4.52 Å². The van der Waals surface area contributed by atoms with E-state index in [9.17, 15) is 0 Å². The second kappa shape index (κ2) is 2.00. The summed E-state index contributed by atoms with van der Waals surface area (Å²) in [7, 11) is 0. The van der Waals surface area contributed by atoms with Crippen LogP contribution in [0.2, 0.25) is 0 Å². The summed E-state index contributed by atoms with van der Waals surface area (Å²) in [6, 6.07) is 7.95. The van der Waals surface area contributed by atoms with Crippen LogP contribution in [0.15, 0.2) is 28.8 Å². The van der Waals surface area contributed by atoms with Gasteiger partial charge in [-0.2, -0.15) is 0 Å². The largest absolute Gasteiger partial charge is 0.354 e. The van der Waals surface area contributed by atoms with E-state index >= 15 is 0 Å². The second-order valence-corrected chi connectivity index (χ2v) is 2.99. The predicted molar refractivity (Wildman–Crippen MR) is 46.2 cm³/mol. The molecule has 60 valence electrons. The quantitative estimate of drug-likeness (QED) is 0.594. The van der Waals surface area contributed by atoms with Crippen molar-refractivity contribution >= 4 is 16.8 Å². The first-order valence-corrected chi connectivity index (χ1v) is 4.04. The first-order chi connectivity index (χ1) is 5.95. The topological polar surface area (TPSA) is 29.0 Å². The molecule has 12 heavy (non-hydrogen) atoms. The van der Waals surface area contributed by atoms with E-state index in [-0.39, 0.29) is 0 Å². The number of benzene rings is 1. The van der Waals surface area contributed by atoms with Gasteiger partial charge in [0.2, 0.25) is 0 Å². The molecule has 0 spiro atoms. The third-order valence-electron chi connectivity index (χ3n) is 2.11. The molecule has 0 atom stereocenters. The highest BCUT2D eigenvalue weighted by Gasteiger charge is 2.23. The number of nitrogens with zero attached hydrogens (tertiary/aromatic N) is 2. The van der Waals surface area contributed by atoms with Crippen molar-refractivity contribution in [2.75, 3.05) is 18.0 Å². The average molecular weight is 160 g/mol. The van der Waals surface area contributed by atoms with Crippen molar-refractivity contribution in [1.29, 1.82) is 0 Å².